The lowest BCUT2D eigenvalue weighted by Gasteiger charge is -2.25. The van der Waals surface area contributed by atoms with Gasteiger partial charge in [-0.15, -0.1) is 0 Å². The lowest BCUT2D eigenvalue weighted by Crippen LogP contribution is -2.36. The summed E-state index contributed by atoms with van der Waals surface area (Å²) in [4.78, 5) is 53.2. The summed E-state index contributed by atoms with van der Waals surface area (Å²) in [6.07, 6.45) is -0.693. The molecule has 2 aromatic carbocycles. The molecule has 0 heterocycles. The number of carbonyl (C=O) groups is 4. The van der Waals surface area contributed by atoms with Crippen molar-refractivity contribution in [1.29, 1.82) is 0 Å². The van der Waals surface area contributed by atoms with Crippen molar-refractivity contribution in [3.8, 4) is 0 Å². The Hall–Kier alpha value is -2.90. The highest BCUT2D eigenvalue weighted by Gasteiger charge is 2.28. The van der Waals surface area contributed by atoms with E-state index in [1.807, 2.05) is 0 Å². The monoisotopic (exact) mass is 506 g/mol. The third-order valence-electron chi connectivity index (χ3n) is 4.73. The normalized spacial score (nSPS) is 11.1. The van der Waals surface area contributed by atoms with Crippen molar-refractivity contribution in [2.24, 2.45) is 0 Å². The third kappa shape index (κ3) is 7.30. The molecule has 0 aliphatic heterocycles. The van der Waals surface area contributed by atoms with Crippen LogP contribution in [0.2, 0.25) is 10.0 Å². The van der Waals surface area contributed by atoms with Gasteiger partial charge >= 0.3 is 5.97 Å². The number of ketones is 1. The SMILES string of the molecule is Cc1ccc(N(Cc2ccc(Cl)c(Cl)c2)C(=O)CC(=O)C(=O)OC(C)(C)C)cc1C(=O)N(C)C. The molecule has 2 rings (SSSR count). The zero-order valence-corrected chi connectivity index (χ0v) is 21.6. The molecule has 9 heteroatoms. The van der Waals surface area contributed by atoms with Crippen LogP contribution in [0.3, 0.4) is 0 Å². The molecule has 0 aliphatic rings. The van der Waals surface area contributed by atoms with Crippen molar-refractivity contribution >= 4 is 52.5 Å². The Bertz CT molecular complexity index is 1120. The molecule has 7 nitrogen and oxygen atoms in total. The maximum absolute atomic E-state index is 13.2. The molecule has 0 bridgehead atoms. The average molecular weight is 507 g/mol. The summed E-state index contributed by atoms with van der Waals surface area (Å²) in [5, 5.41) is 0.668. The van der Waals surface area contributed by atoms with Gasteiger partial charge in [0, 0.05) is 25.3 Å². The van der Waals surface area contributed by atoms with Crippen LogP contribution in [-0.2, 0) is 25.7 Å². The minimum Gasteiger partial charge on any atom is -0.454 e. The van der Waals surface area contributed by atoms with Crippen LogP contribution in [0.15, 0.2) is 36.4 Å². The first-order chi connectivity index (χ1) is 15.7. The standard InChI is InChI=1S/C25H28Cl2N2O5/c1-15-7-9-17(12-18(15)23(32)28(5)6)29(14-16-8-10-19(26)20(27)11-16)22(31)13-21(30)24(33)34-25(2,3)4/h7-12H,13-14H2,1-6H3. The maximum atomic E-state index is 13.2. The fraction of sp³-hybridized carbons (Fsp3) is 0.360. The van der Waals surface area contributed by atoms with Gasteiger partial charge in [-0.1, -0.05) is 35.3 Å². The second-order valence-corrected chi connectivity index (χ2v) is 9.84. The largest absolute Gasteiger partial charge is 0.454 e. The van der Waals surface area contributed by atoms with Crippen LogP contribution in [0.4, 0.5) is 5.69 Å². The number of Topliss-reactive ketones (excluding diaryl/α,β-unsaturated/α-hetero) is 1. The van der Waals surface area contributed by atoms with E-state index in [0.29, 0.717) is 26.9 Å². The van der Waals surface area contributed by atoms with Crippen molar-refractivity contribution in [2.45, 2.75) is 46.3 Å². The molecule has 0 N–H and O–H groups in total. The lowest BCUT2D eigenvalue weighted by molar-refractivity contribution is -0.163. The van der Waals surface area contributed by atoms with E-state index in [1.54, 1.807) is 78.2 Å². The number of carbonyl (C=O) groups excluding carboxylic acids is 4. The van der Waals surface area contributed by atoms with Gasteiger partial charge in [-0.3, -0.25) is 14.4 Å². The molecule has 0 spiro atoms. The number of amides is 2. The number of anilines is 1. The average Bonchev–Trinajstić information content (AvgIpc) is 2.73. The summed E-state index contributed by atoms with van der Waals surface area (Å²) in [6, 6.07) is 9.89. The first-order valence-corrected chi connectivity index (χ1v) is 11.3. The fourth-order valence-corrected chi connectivity index (χ4v) is 3.35. The number of halogens is 2. The second-order valence-electron chi connectivity index (χ2n) is 9.03. The van der Waals surface area contributed by atoms with Gasteiger partial charge in [0.15, 0.2) is 0 Å². The first kappa shape index (κ1) is 27.3. The highest BCUT2D eigenvalue weighted by atomic mass is 35.5. The zero-order valence-electron chi connectivity index (χ0n) is 20.1. The molecule has 0 fully saturated rings. The molecule has 0 aliphatic carbocycles. The number of hydrogen-bond donors (Lipinski definition) is 0. The molecule has 0 saturated carbocycles. The molecule has 2 aromatic rings. The Balaban J connectivity index is 2.44. The minimum absolute atomic E-state index is 0.0377. The Morgan fingerprint density at radius 1 is 0.941 bits per heavy atom. The van der Waals surface area contributed by atoms with E-state index < -0.39 is 29.7 Å². The highest BCUT2D eigenvalue weighted by Crippen LogP contribution is 2.27. The summed E-state index contributed by atoms with van der Waals surface area (Å²) >= 11 is 12.1. The molecule has 182 valence electrons. The van der Waals surface area contributed by atoms with Crippen molar-refractivity contribution in [2.75, 3.05) is 19.0 Å². The van der Waals surface area contributed by atoms with Crippen molar-refractivity contribution < 1.29 is 23.9 Å². The molecule has 0 unspecified atom stereocenters. The Morgan fingerprint density at radius 2 is 1.59 bits per heavy atom. The highest BCUT2D eigenvalue weighted by molar-refractivity contribution is 6.42. The molecule has 0 saturated heterocycles. The summed E-state index contributed by atoms with van der Waals surface area (Å²) in [5.74, 6) is -2.90. The minimum atomic E-state index is -1.08. The van der Waals surface area contributed by atoms with E-state index in [4.69, 9.17) is 27.9 Å². The number of benzene rings is 2. The molecule has 34 heavy (non-hydrogen) atoms. The first-order valence-electron chi connectivity index (χ1n) is 10.5. The van der Waals surface area contributed by atoms with Crippen LogP contribution >= 0.6 is 23.2 Å². The van der Waals surface area contributed by atoms with Gasteiger partial charge in [-0.2, -0.15) is 0 Å². The van der Waals surface area contributed by atoms with Crippen LogP contribution in [0.25, 0.3) is 0 Å². The summed E-state index contributed by atoms with van der Waals surface area (Å²) in [5.41, 5.74) is 1.31. The number of nitrogens with zero attached hydrogens (tertiary/aromatic N) is 2. The number of rotatable bonds is 7. The van der Waals surface area contributed by atoms with Crippen LogP contribution < -0.4 is 4.90 Å². The van der Waals surface area contributed by atoms with E-state index in [0.717, 1.165) is 5.56 Å². The molecule has 2 amide bonds. The zero-order chi connectivity index (χ0) is 25.8. The molecule has 0 radical (unpaired) electrons. The third-order valence-corrected chi connectivity index (χ3v) is 5.47. The summed E-state index contributed by atoms with van der Waals surface area (Å²) in [6.45, 7) is 6.72. The van der Waals surface area contributed by atoms with Crippen molar-refractivity contribution in [1.82, 2.24) is 4.90 Å². The smallest absolute Gasteiger partial charge is 0.375 e. The van der Waals surface area contributed by atoms with Crippen LogP contribution in [0.5, 0.6) is 0 Å². The lowest BCUT2D eigenvalue weighted by atomic mass is 10.1. The summed E-state index contributed by atoms with van der Waals surface area (Å²) < 4.78 is 5.08. The molecule has 0 aromatic heterocycles. The Kier molecular flexibility index (Phi) is 8.86. The van der Waals surface area contributed by atoms with Gasteiger partial charge in [0.25, 0.3) is 5.91 Å². The summed E-state index contributed by atoms with van der Waals surface area (Å²) in [7, 11) is 3.26. The van der Waals surface area contributed by atoms with Crippen LogP contribution in [0, 0.1) is 6.92 Å². The van der Waals surface area contributed by atoms with Crippen LogP contribution in [0.1, 0.15) is 48.7 Å². The number of hydrogen-bond acceptors (Lipinski definition) is 5. The second kappa shape index (κ2) is 11.0. The van der Waals surface area contributed by atoms with Gasteiger partial charge in [0.05, 0.1) is 23.0 Å². The van der Waals surface area contributed by atoms with E-state index in [9.17, 15) is 19.2 Å². The van der Waals surface area contributed by atoms with E-state index >= 15 is 0 Å². The van der Waals surface area contributed by atoms with E-state index in [1.165, 1.54) is 9.80 Å². The van der Waals surface area contributed by atoms with E-state index in [2.05, 4.69) is 0 Å². The van der Waals surface area contributed by atoms with E-state index in [-0.39, 0.29) is 12.5 Å². The van der Waals surface area contributed by atoms with Crippen molar-refractivity contribution in [3.05, 3.63) is 63.1 Å². The predicted molar refractivity (Wildman–Crippen MR) is 132 cm³/mol. The maximum Gasteiger partial charge on any atom is 0.375 e. The molecule has 0 atom stereocenters. The molecular weight excluding hydrogens is 479 g/mol. The van der Waals surface area contributed by atoms with Gasteiger partial charge in [-0.25, -0.2) is 4.79 Å². The number of aryl methyl sites for hydroxylation is 1. The quantitative estimate of drug-likeness (QED) is 0.304. The van der Waals surface area contributed by atoms with Gasteiger partial charge < -0.3 is 14.5 Å². The predicted octanol–water partition coefficient (Wildman–Crippen LogP) is 4.84. The van der Waals surface area contributed by atoms with Crippen LogP contribution in [-0.4, -0.2) is 48.2 Å². The fourth-order valence-electron chi connectivity index (χ4n) is 3.03. The number of ether oxygens (including phenoxy) is 1. The molecular formula is C25H28Cl2N2O5. The Labute approximate surface area is 209 Å². The Morgan fingerprint density at radius 3 is 2.15 bits per heavy atom. The van der Waals surface area contributed by atoms with Gasteiger partial charge in [-0.05, 0) is 63.1 Å². The number of esters is 1. The topological polar surface area (TPSA) is 84.0 Å². The van der Waals surface area contributed by atoms with Gasteiger partial charge in [0.1, 0.15) is 5.60 Å². The van der Waals surface area contributed by atoms with Crippen molar-refractivity contribution in [3.63, 3.8) is 0 Å². The van der Waals surface area contributed by atoms with Gasteiger partial charge in [0.2, 0.25) is 11.7 Å².